The maximum Gasteiger partial charge on any atom is 0.275 e. The standard InChI is InChI=1S/C30H44N8O4/c1-4-20-17-35(2)27-28(38(20)21-7-5-6-8-21)33-30(31,34-29(27)41)32-23-16-24-19(15-25(23)42-3)9-14-37(24)26(40)18-36-12-10-22(39)11-13-36/h9,14-16,20-22,32-33,39H,4-8,10-13,17-18,31H2,1-3H3,(H,34,41)/t20?,30-/m1/s1. The van der Waals surface area contributed by atoms with E-state index in [-0.39, 0.29) is 30.5 Å². The molecule has 1 amide bonds. The number of ether oxygens (including phenoxy) is 1. The van der Waals surface area contributed by atoms with Crippen LogP contribution in [0.5, 0.6) is 5.75 Å². The second-order valence-electron chi connectivity index (χ2n) is 12.2. The van der Waals surface area contributed by atoms with Gasteiger partial charge in [0.2, 0.25) is 11.8 Å². The van der Waals surface area contributed by atoms with Crippen LogP contribution in [0.15, 0.2) is 35.9 Å². The third-order valence-electron chi connectivity index (χ3n) is 9.30. The molecule has 6 rings (SSSR count). The number of aliphatic hydroxyl groups excluding tert-OH is 1. The van der Waals surface area contributed by atoms with Gasteiger partial charge in [0.15, 0.2) is 0 Å². The van der Waals surface area contributed by atoms with E-state index in [1.165, 1.54) is 12.8 Å². The fourth-order valence-electron chi connectivity index (χ4n) is 7.10. The van der Waals surface area contributed by atoms with Gasteiger partial charge in [-0.2, -0.15) is 0 Å². The number of methoxy groups -OCH3 is 1. The molecule has 1 aromatic carbocycles. The molecule has 1 saturated carbocycles. The Morgan fingerprint density at radius 3 is 2.62 bits per heavy atom. The minimum Gasteiger partial charge on any atom is -0.495 e. The van der Waals surface area contributed by atoms with Gasteiger partial charge in [-0.1, -0.05) is 19.8 Å². The lowest BCUT2D eigenvalue weighted by Gasteiger charge is -2.52. The number of aliphatic hydroxyl groups is 1. The number of likely N-dealkylation sites (tertiary alicyclic amines) is 1. The van der Waals surface area contributed by atoms with E-state index in [0.29, 0.717) is 54.6 Å². The van der Waals surface area contributed by atoms with Gasteiger partial charge < -0.3 is 30.3 Å². The van der Waals surface area contributed by atoms with E-state index < -0.39 is 5.91 Å². The van der Waals surface area contributed by atoms with Gasteiger partial charge in [-0.3, -0.25) is 30.1 Å². The molecule has 2 fully saturated rings. The molecule has 2 aromatic rings. The van der Waals surface area contributed by atoms with Crippen LogP contribution in [-0.4, -0.2) is 101 Å². The molecule has 42 heavy (non-hydrogen) atoms. The number of hydrogen-bond donors (Lipinski definition) is 5. The molecule has 2 atom stereocenters. The maximum absolute atomic E-state index is 13.6. The van der Waals surface area contributed by atoms with Gasteiger partial charge in [0.25, 0.3) is 5.91 Å². The Hall–Kier alpha value is -3.48. The third-order valence-corrected chi connectivity index (χ3v) is 9.30. The van der Waals surface area contributed by atoms with Crippen LogP contribution in [-0.2, 0) is 4.79 Å². The van der Waals surface area contributed by atoms with E-state index in [9.17, 15) is 14.7 Å². The highest BCUT2D eigenvalue weighted by Gasteiger charge is 2.46. The zero-order valence-electron chi connectivity index (χ0n) is 24.9. The molecule has 12 heteroatoms. The largest absolute Gasteiger partial charge is 0.495 e. The number of carbonyl (C=O) groups excluding carboxylic acids is 2. The average molecular weight is 581 g/mol. The zero-order valence-corrected chi connectivity index (χ0v) is 24.9. The van der Waals surface area contributed by atoms with Gasteiger partial charge in [0, 0.05) is 50.3 Å². The van der Waals surface area contributed by atoms with Gasteiger partial charge in [-0.25, -0.2) is 0 Å². The molecule has 6 N–H and O–H groups in total. The molecule has 4 aliphatic rings. The molecule has 0 radical (unpaired) electrons. The van der Waals surface area contributed by atoms with Crippen LogP contribution in [0.1, 0.15) is 56.7 Å². The quantitative estimate of drug-likeness (QED) is 0.307. The molecule has 12 nitrogen and oxygen atoms in total. The number of likely N-dealkylation sites (N-methyl/N-ethyl adjacent to an activating group) is 1. The second-order valence-corrected chi connectivity index (χ2v) is 12.2. The van der Waals surface area contributed by atoms with Crippen molar-refractivity contribution in [3.63, 3.8) is 0 Å². The Balaban J connectivity index is 1.29. The van der Waals surface area contributed by atoms with E-state index in [0.717, 1.165) is 37.0 Å². The zero-order chi connectivity index (χ0) is 29.6. The molecular formula is C30H44N8O4. The summed E-state index contributed by atoms with van der Waals surface area (Å²) in [6.45, 7) is 4.62. The summed E-state index contributed by atoms with van der Waals surface area (Å²) in [6.07, 6.45) is 8.35. The van der Waals surface area contributed by atoms with Crippen molar-refractivity contribution in [3.8, 4) is 5.75 Å². The third kappa shape index (κ3) is 5.27. The van der Waals surface area contributed by atoms with Crippen molar-refractivity contribution in [1.29, 1.82) is 0 Å². The van der Waals surface area contributed by atoms with Crippen molar-refractivity contribution in [2.75, 3.05) is 45.7 Å². The SMILES string of the molecule is CCC1CN(C)C2=C(N[C@@](N)(Nc3cc4c(ccn4C(=O)CN4CCC(O)CC4)cc3OC)NC2=O)N1C1CCCC1. The highest BCUT2D eigenvalue weighted by atomic mass is 16.5. The van der Waals surface area contributed by atoms with Crippen LogP contribution in [0, 0.1) is 0 Å². The van der Waals surface area contributed by atoms with Crippen LogP contribution >= 0.6 is 0 Å². The van der Waals surface area contributed by atoms with Crippen LogP contribution in [0.25, 0.3) is 10.9 Å². The highest BCUT2D eigenvalue weighted by Crippen LogP contribution is 2.36. The topological polar surface area (TPSA) is 140 Å². The summed E-state index contributed by atoms with van der Waals surface area (Å²) in [5.74, 6) is -0.504. The van der Waals surface area contributed by atoms with E-state index in [4.69, 9.17) is 10.5 Å². The highest BCUT2D eigenvalue weighted by molar-refractivity contribution is 5.97. The van der Waals surface area contributed by atoms with Crippen molar-refractivity contribution in [2.45, 2.75) is 76.0 Å². The number of anilines is 1. The number of piperidine rings is 1. The Morgan fingerprint density at radius 2 is 1.93 bits per heavy atom. The van der Waals surface area contributed by atoms with E-state index >= 15 is 0 Å². The molecule has 3 aliphatic heterocycles. The Morgan fingerprint density at radius 1 is 1.19 bits per heavy atom. The van der Waals surface area contributed by atoms with Crippen LogP contribution < -0.4 is 26.4 Å². The predicted octanol–water partition coefficient (Wildman–Crippen LogP) is 1.59. The molecule has 4 heterocycles. The summed E-state index contributed by atoms with van der Waals surface area (Å²) >= 11 is 0. The van der Waals surface area contributed by atoms with Gasteiger partial charge in [-0.05, 0) is 50.3 Å². The van der Waals surface area contributed by atoms with Crippen molar-refractivity contribution < 1.29 is 19.4 Å². The van der Waals surface area contributed by atoms with Crippen molar-refractivity contribution in [2.24, 2.45) is 5.73 Å². The Bertz CT molecular complexity index is 1380. The predicted molar refractivity (Wildman–Crippen MR) is 160 cm³/mol. The number of carbonyl (C=O) groups is 2. The van der Waals surface area contributed by atoms with Crippen molar-refractivity contribution >= 4 is 28.4 Å². The van der Waals surface area contributed by atoms with Gasteiger partial charge in [0.1, 0.15) is 17.3 Å². The summed E-state index contributed by atoms with van der Waals surface area (Å²) in [5, 5.41) is 20.4. The van der Waals surface area contributed by atoms with Crippen LogP contribution in [0.4, 0.5) is 5.69 Å². The molecular weight excluding hydrogens is 536 g/mol. The summed E-state index contributed by atoms with van der Waals surface area (Å²) in [6, 6.07) is 6.22. The molecule has 0 spiro atoms. The lowest BCUT2D eigenvalue weighted by molar-refractivity contribution is -0.123. The first-order valence-electron chi connectivity index (χ1n) is 15.2. The number of fused-ring (bicyclic) bond motifs is 1. The average Bonchev–Trinajstić information content (AvgIpc) is 3.63. The molecule has 1 aliphatic carbocycles. The Labute approximate surface area is 246 Å². The van der Waals surface area contributed by atoms with Crippen molar-refractivity contribution in [1.82, 2.24) is 29.9 Å². The van der Waals surface area contributed by atoms with Gasteiger partial charge in [0.05, 0.1) is 31.0 Å². The van der Waals surface area contributed by atoms with Crippen LogP contribution in [0.2, 0.25) is 0 Å². The number of nitrogens with zero attached hydrogens (tertiary/aromatic N) is 4. The second kappa shape index (κ2) is 11.3. The monoisotopic (exact) mass is 580 g/mol. The molecule has 1 aromatic heterocycles. The first kappa shape index (κ1) is 28.6. The van der Waals surface area contributed by atoms with E-state index in [1.54, 1.807) is 17.9 Å². The lowest BCUT2D eigenvalue weighted by atomic mass is 10.0. The lowest BCUT2D eigenvalue weighted by Crippen LogP contribution is -2.76. The summed E-state index contributed by atoms with van der Waals surface area (Å²) in [4.78, 5) is 33.4. The maximum atomic E-state index is 13.6. The van der Waals surface area contributed by atoms with Gasteiger partial charge in [-0.15, -0.1) is 0 Å². The van der Waals surface area contributed by atoms with E-state index in [2.05, 4.69) is 32.7 Å². The van der Waals surface area contributed by atoms with Crippen molar-refractivity contribution in [3.05, 3.63) is 35.9 Å². The Kier molecular flexibility index (Phi) is 7.71. The van der Waals surface area contributed by atoms with Gasteiger partial charge >= 0.3 is 0 Å². The van der Waals surface area contributed by atoms with E-state index in [1.807, 2.05) is 30.1 Å². The number of nitrogens with one attached hydrogen (secondary N) is 3. The summed E-state index contributed by atoms with van der Waals surface area (Å²) < 4.78 is 7.36. The summed E-state index contributed by atoms with van der Waals surface area (Å²) in [5.41, 5.74) is 8.72. The van der Waals surface area contributed by atoms with Crippen LogP contribution in [0.3, 0.4) is 0 Å². The number of amides is 1. The minimum atomic E-state index is -1.50. The number of aromatic nitrogens is 1. The number of benzene rings is 1. The number of rotatable bonds is 7. The molecule has 1 unspecified atom stereocenters. The smallest absolute Gasteiger partial charge is 0.275 e. The number of nitrogens with two attached hydrogens (primary N) is 1. The first-order valence-corrected chi connectivity index (χ1v) is 15.2. The fourth-order valence-corrected chi connectivity index (χ4v) is 7.10. The number of hydrogen-bond acceptors (Lipinski definition) is 10. The molecule has 228 valence electrons. The summed E-state index contributed by atoms with van der Waals surface area (Å²) in [7, 11) is 3.54. The first-order chi connectivity index (χ1) is 20.2. The normalized spacial score (nSPS) is 25.9. The molecule has 0 bridgehead atoms. The minimum absolute atomic E-state index is 0.0538. The fraction of sp³-hybridized carbons (Fsp3) is 0.600. The molecule has 1 saturated heterocycles.